The third-order valence-corrected chi connectivity index (χ3v) is 4.19. The molecule has 0 saturated carbocycles. The number of hydrogen-bond acceptors (Lipinski definition) is 4. The molecule has 1 heterocycles. The minimum Gasteiger partial charge on any atom is -0.501 e. The lowest BCUT2D eigenvalue weighted by atomic mass is 9.91. The number of hydrogen-bond donors (Lipinski definition) is 2. The average Bonchev–Trinajstić information content (AvgIpc) is 2.80. The molecule has 1 aliphatic rings. The number of aliphatic hydroxyl groups is 1. The second kappa shape index (κ2) is 6.22. The Labute approximate surface area is 147 Å². The molecule has 0 radical (unpaired) electrons. The van der Waals surface area contributed by atoms with Gasteiger partial charge in [-0.15, -0.1) is 0 Å². The number of carbonyl (C=O) groups excluding carboxylic acids is 2. The summed E-state index contributed by atoms with van der Waals surface area (Å²) in [5.74, 6) is -3.01. The van der Waals surface area contributed by atoms with Gasteiger partial charge in [0.15, 0.2) is 0 Å². The van der Waals surface area contributed by atoms with Crippen molar-refractivity contribution in [2.45, 2.75) is 12.5 Å². The third kappa shape index (κ3) is 2.96. The number of Topliss-reactive ketones (excluding diaryl/α,β-unsaturated/α-hetero) is 1. The second-order valence-electron chi connectivity index (χ2n) is 5.59. The Balaban J connectivity index is 1.89. The first-order valence-corrected chi connectivity index (χ1v) is 7.69. The van der Waals surface area contributed by atoms with Crippen molar-refractivity contribution in [1.82, 2.24) is 5.32 Å². The Kier molecular flexibility index (Phi) is 4.22. The molecule has 0 fully saturated rings. The minimum absolute atomic E-state index is 0.0284. The second-order valence-corrected chi connectivity index (χ2v) is 5.99. The van der Waals surface area contributed by atoms with Gasteiger partial charge in [-0.3, -0.25) is 14.9 Å². The minimum atomic E-state index is -1.67. The molecule has 0 spiro atoms. The summed E-state index contributed by atoms with van der Waals surface area (Å²) in [4.78, 5) is 24.6. The van der Waals surface area contributed by atoms with Crippen molar-refractivity contribution in [1.29, 1.82) is 0 Å². The maximum absolute atomic E-state index is 13.2. The first-order chi connectivity index (χ1) is 11.8. The van der Waals surface area contributed by atoms with Gasteiger partial charge in [-0.1, -0.05) is 35.9 Å². The van der Waals surface area contributed by atoms with Crippen LogP contribution in [-0.4, -0.2) is 16.8 Å². The monoisotopic (exact) mass is 361 g/mol. The average molecular weight is 362 g/mol. The maximum Gasteiger partial charge on any atom is 0.258 e. The van der Waals surface area contributed by atoms with Crippen molar-refractivity contribution >= 4 is 23.3 Å². The van der Waals surface area contributed by atoms with Crippen LogP contribution in [0.1, 0.15) is 22.8 Å². The summed E-state index contributed by atoms with van der Waals surface area (Å²) in [5.41, 5.74) is -1.17. The molecule has 3 rings (SSSR count). The normalized spacial score (nSPS) is 19.7. The van der Waals surface area contributed by atoms with Gasteiger partial charge in [-0.2, -0.15) is 0 Å². The highest BCUT2D eigenvalue weighted by molar-refractivity contribution is 6.32. The van der Waals surface area contributed by atoms with E-state index in [1.54, 1.807) is 30.3 Å². The Morgan fingerprint density at radius 1 is 1.24 bits per heavy atom. The Hall–Kier alpha value is -2.86. The van der Waals surface area contributed by atoms with Crippen molar-refractivity contribution < 1.29 is 23.8 Å². The number of halogens is 2. The van der Waals surface area contributed by atoms with Gasteiger partial charge in [0.05, 0.1) is 5.02 Å². The number of ketones is 1. The number of amides is 1. The van der Waals surface area contributed by atoms with Gasteiger partial charge < -0.3 is 9.84 Å². The molecule has 0 bridgehead atoms. The molecule has 5 nitrogen and oxygen atoms in total. The van der Waals surface area contributed by atoms with Gasteiger partial charge in [0.25, 0.3) is 11.7 Å². The van der Waals surface area contributed by atoms with Gasteiger partial charge in [0.1, 0.15) is 5.82 Å². The Morgan fingerprint density at radius 3 is 2.56 bits per heavy atom. The number of rotatable bonds is 3. The van der Waals surface area contributed by atoms with E-state index in [0.29, 0.717) is 5.56 Å². The van der Waals surface area contributed by atoms with E-state index in [-0.39, 0.29) is 16.5 Å². The van der Waals surface area contributed by atoms with E-state index >= 15 is 0 Å². The number of carbonyl (C=O) groups is 2. The molecule has 1 unspecified atom stereocenters. The van der Waals surface area contributed by atoms with Crippen LogP contribution in [0, 0.1) is 5.82 Å². The third-order valence-electron chi connectivity index (χ3n) is 3.88. The van der Waals surface area contributed by atoms with E-state index in [1.165, 1.54) is 13.0 Å². The number of nitrogens with one attached hydrogen (secondary N) is 1. The molecule has 0 saturated heterocycles. The van der Waals surface area contributed by atoms with E-state index in [9.17, 15) is 19.1 Å². The number of benzene rings is 2. The fraction of sp³-hybridized carbons (Fsp3) is 0.111. The van der Waals surface area contributed by atoms with Gasteiger partial charge >= 0.3 is 0 Å². The molecule has 1 atom stereocenters. The summed E-state index contributed by atoms with van der Waals surface area (Å²) in [7, 11) is 0. The molecule has 2 aromatic rings. The highest BCUT2D eigenvalue weighted by Crippen LogP contribution is 2.40. The summed E-state index contributed by atoms with van der Waals surface area (Å²) in [5, 5.41) is 12.4. The Bertz CT molecular complexity index is 897. The number of ether oxygens (including phenoxy) is 1. The lowest BCUT2D eigenvalue weighted by molar-refractivity contribution is -0.131. The zero-order valence-corrected chi connectivity index (χ0v) is 13.8. The predicted octanol–water partition coefficient (Wildman–Crippen LogP) is 3.45. The first-order valence-electron chi connectivity index (χ1n) is 7.32. The van der Waals surface area contributed by atoms with Crippen molar-refractivity contribution in [2.24, 2.45) is 0 Å². The summed E-state index contributed by atoms with van der Waals surface area (Å²) in [6.45, 7) is 1.38. The standard InChI is InChI=1S/C18H13ClFNO4/c1-18(12-8-7-11(20)9-13(12)19)15(23)14(22)17(25-18)21-16(24)10-5-3-2-4-6-10/h2-9,22H,1H3,(H,21,24). The van der Waals surface area contributed by atoms with E-state index < -0.39 is 28.9 Å². The zero-order valence-electron chi connectivity index (χ0n) is 13.0. The van der Waals surface area contributed by atoms with Gasteiger partial charge in [0.2, 0.25) is 17.2 Å². The topological polar surface area (TPSA) is 75.6 Å². The van der Waals surface area contributed by atoms with Gasteiger partial charge in [-0.25, -0.2) is 4.39 Å². The largest absolute Gasteiger partial charge is 0.501 e. The van der Waals surface area contributed by atoms with Crippen molar-refractivity contribution in [3.8, 4) is 0 Å². The molecular weight excluding hydrogens is 349 g/mol. The van der Waals surface area contributed by atoms with Crippen LogP contribution in [0.3, 0.4) is 0 Å². The maximum atomic E-state index is 13.2. The first kappa shape index (κ1) is 17.0. The van der Waals surface area contributed by atoms with Crippen LogP contribution < -0.4 is 5.32 Å². The molecule has 128 valence electrons. The highest BCUT2D eigenvalue weighted by Gasteiger charge is 2.49. The highest BCUT2D eigenvalue weighted by atomic mass is 35.5. The quantitative estimate of drug-likeness (QED) is 0.878. The lowest BCUT2D eigenvalue weighted by Gasteiger charge is -2.24. The van der Waals surface area contributed by atoms with Crippen molar-refractivity contribution in [3.05, 3.63) is 82.1 Å². The Morgan fingerprint density at radius 2 is 1.92 bits per heavy atom. The number of aliphatic hydroxyl groups excluding tert-OH is 1. The van der Waals surface area contributed by atoms with Crippen LogP contribution in [0.25, 0.3) is 0 Å². The predicted molar refractivity (Wildman–Crippen MR) is 88.4 cm³/mol. The molecule has 1 amide bonds. The molecule has 1 aliphatic heterocycles. The van der Waals surface area contributed by atoms with Crippen LogP contribution in [-0.2, 0) is 15.1 Å². The SMILES string of the molecule is CC1(c2ccc(F)cc2Cl)OC(NC(=O)c2ccccc2)=C(O)C1=O. The van der Waals surface area contributed by atoms with Gasteiger partial charge in [0, 0.05) is 11.1 Å². The van der Waals surface area contributed by atoms with E-state index in [4.69, 9.17) is 16.3 Å². The molecule has 2 aromatic carbocycles. The fourth-order valence-corrected chi connectivity index (χ4v) is 2.88. The van der Waals surface area contributed by atoms with E-state index in [1.807, 2.05) is 0 Å². The molecule has 7 heteroatoms. The van der Waals surface area contributed by atoms with E-state index in [0.717, 1.165) is 12.1 Å². The van der Waals surface area contributed by atoms with Crippen LogP contribution in [0.15, 0.2) is 60.2 Å². The molecule has 2 N–H and O–H groups in total. The molecule has 0 aromatic heterocycles. The van der Waals surface area contributed by atoms with Crippen molar-refractivity contribution in [3.63, 3.8) is 0 Å². The summed E-state index contributed by atoms with van der Waals surface area (Å²) in [6, 6.07) is 11.7. The van der Waals surface area contributed by atoms with Crippen LogP contribution in [0.4, 0.5) is 4.39 Å². The molecule has 25 heavy (non-hydrogen) atoms. The van der Waals surface area contributed by atoms with E-state index in [2.05, 4.69) is 5.32 Å². The summed E-state index contributed by atoms with van der Waals surface area (Å²) < 4.78 is 18.8. The van der Waals surface area contributed by atoms with Gasteiger partial charge in [-0.05, 0) is 31.2 Å². The lowest BCUT2D eigenvalue weighted by Crippen LogP contribution is -2.32. The molecular formula is C18H13ClFNO4. The smallest absolute Gasteiger partial charge is 0.258 e. The summed E-state index contributed by atoms with van der Waals surface area (Å²) in [6.07, 6.45) is 0. The summed E-state index contributed by atoms with van der Waals surface area (Å²) >= 11 is 6.00. The van der Waals surface area contributed by atoms with Crippen LogP contribution in [0.5, 0.6) is 0 Å². The van der Waals surface area contributed by atoms with Crippen LogP contribution >= 0.6 is 11.6 Å². The zero-order chi connectivity index (χ0) is 18.2. The molecule has 0 aliphatic carbocycles. The fourth-order valence-electron chi connectivity index (χ4n) is 2.53. The van der Waals surface area contributed by atoms with Crippen molar-refractivity contribution in [2.75, 3.05) is 0 Å². The van der Waals surface area contributed by atoms with Crippen LogP contribution in [0.2, 0.25) is 5.02 Å².